The van der Waals surface area contributed by atoms with Crippen LogP contribution in [0.15, 0.2) is 0 Å². The second kappa shape index (κ2) is 14.3. The average Bonchev–Trinajstić information content (AvgIpc) is 3.33. The maximum absolute atomic E-state index is 13.7. The Hall–Kier alpha value is -0.480. The third kappa shape index (κ3) is 9.27. The van der Waals surface area contributed by atoms with E-state index in [1.54, 1.807) is 21.6 Å². The minimum absolute atomic E-state index is 0.226. The van der Waals surface area contributed by atoms with Crippen LogP contribution in [0.4, 0.5) is 0 Å². The predicted molar refractivity (Wildman–Crippen MR) is 177 cm³/mol. The number of hydrogen-bond donors (Lipinski definition) is 1. The lowest BCUT2D eigenvalue weighted by atomic mass is 9.59. The Labute approximate surface area is 265 Å². The van der Waals surface area contributed by atoms with E-state index in [0.29, 0.717) is 19.1 Å². The molecule has 0 radical (unpaired) electrons. The molecule has 0 bridgehead atoms. The van der Waals surface area contributed by atoms with Gasteiger partial charge < -0.3 is 14.2 Å². The van der Waals surface area contributed by atoms with Gasteiger partial charge in [0, 0.05) is 28.9 Å². The minimum Gasteiger partial charge on any atom is -0.465 e. The van der Waals surface area contributed by atoms with Gasteiger partial charge >= 0.3 is 5.97 Å². The second-order valence-corrected chi connectivity index (χ2v) is 18.6. The maximum Gasteiger partial charge on any atom is 0.312 e. The summed E-state index contributed by atoms with van der Waals surface area (Å²) >= 11 is 0. The van der Waals surface area contributed by atoms with Gasteiger partial charge in [0.15, 0.2) is 0 Å². The third-order valence-electron chi connectivity index (χ3n) is 10.7. The van der Waals surface area contributed by atoms with Crippen LogP contribution in [0.2, 0.25) is 0 Å². The molecule has 0 aliphatic carbocycles. The van der Waals surface area contributed by atoms with Crippen molar-refractivity contribution in [1.29, 1.82) is 0 Å². The summed E-state index contributed by atoms with van der Waals surface area (Å²) in [4.78, 5) is 32.7. The van der Waals surface area contributed by atoms with Crippen molar-refractivity contribution in [3.05, 3.63) is 0 Å². The summed E-state index contributed by atoms with van der Waals surface area (Å²) < 4.78 is 19.0. The molecule has 1 heterocycles. The van der Waals surface area contributed by atoms with E-state index in [-0.39, 0.29) is 29.8 Å². The molecule has 1 aliphatic rings. The SMILES string of the molecule is CC(C)CCOC(C)(C)C(C)(C)C(C)(C)C(=O)OCC1(COC(C)(C)C(C)(C)C(=O)NOC(C)(C)C(C)C)CSSC1. The van der Waals surface area contributed by atoms with E-state index in [4.69, 9.17) is 19.0 Å². The molecular weight excluding hydrogens is 570 g/mol. The number of nitrogens with one attached hydrogen (secondary N) is 1. The highest BCUT2D eigenvalue weighted by atomic mass is 33.1. The number of hydroxylamine groups is 1. The second-order valence-electron chi connectivity index (χ2n) is 16.1. The molecule has 9 heteroatoms. The van der Waals surface area contributed by atoms with Crippen molar-refractivity contribution in [2.45, 2.75) is 134 Å². The molecule has 0 spiro atoms. The van der Waals surface area contributed by atoms with Crippen LogP contribution in [0.3, 0.4) is 0 Å². The molecule has 1 amide bonds. The molecule has 248 valence electrons. The Kier molecular flexibility index (Phi) is 13.5. The standard InChI is InChI=1S/C33H63NO6S2/c1-23(2)17-18-38-32(15,16)30(11,12)28(7,8)26(36)37-19-33(21-41-42-22-33)20-39-31(13,14)27(5,6)25(35)34-40-29(9,10)24(3)4/h23-24H,17-22H2,1-16H3,(H,34,35). The zero-order chi connectivity index (χ0) is 33.0. The van der Waals surface area contributed by atoms with Crippen LogP contribution in [0.5, 0.6) is 0 Å². The van der Waals surface area contributed by atoms with E-state index in [2.05, 4.69) is 60.9 Å². The van der Waals surface area contributed by atoms with Gasteiger partial charge in [-0.05, 0) is 87.5 Å². The van der Waals surface area contributed by atoms with Gasteiger partial charge in [-0.15, -0.1) is 0 Å². The summed E-state index contributed by atoms with van der Waals surface area (Å²) in [6.07, 6.45) is 0.972. The molecule has 0 aromatic rings. The van der Waals surface area contributed by atoms with Crippen molar-refractivity contribution in [3.8, 4) is 0 Å². The lowest BCUT2D eigenvalue weighted by molar-refractivity contribution is -0.191. The van der Waals surface area contributed by atoms with Gasteiger partial charge in [-0.2, -0.15) is 0 Å². The fraction of sp³-hybridized carbons (Fsp3) is 0.939. The molecule has 0 unspecified atom stereocenters. The molecule has 0 aromatic carbocycles. The molecule has 7 nitrogen and oxygen atoms in total. The largest absolute Gasteiger partial charge is 0.465 e. The molecule has 1 fully saturated rings. The van der Waals surface area contributed by atoms with Gasteiger partial charge in [-0.1, -0.05) is 63.1 Å². The van der Waals surface area contributed by atoms with Crippen molar-refractivity contribution in [1.82, 2.24) is 5.48 Å². The topological polar surface area (TPSA) is 83.1 Å². The van der Waals surface area contributed by atoms with Crippen molar-refractivity contribution in [2.24, 2.45) is 33.5 Å². The highest BCUT2D eigenvalue weighted by Crippen LogP contribution is 2.50. The quantitative estimate of drug-likeness (QED) is 0.0977. The summed E-state index contributed by atoms with van der Waals surface area (Å²) in [7, 11) is 3.53. The van der Waals surface area contributed by atoms with Crippen molar-refractivity contribution in [3.63, 3.8) is 0 Å². The van der Waals surface area contributed by atoms with Crippen molar-refractivity contribution >= 4 is 33.5 Å². The van der Waals surface area contributed by atoms with Crippen LogP contribution in [0, 0.1) is 33.5 Å². The van der Waals surface area contributed by atoms with E-state index >= 15 is 0 Å². The first-order valence-corrected chi connectivity index (χ1v) is 17.9. The van der Waals surface area contributed by atoms with Crippen LogP contribution < -0.4 is 5.48 Å². The van der Waals surface area contributed by atoms with Crippen LogP contribution in [-0.4, -0.2) is 60.0 Å². The van der Waals surface area contributed by atoms with Gasteiger partial charge in [0.05, 0.1) is 34.2 Å². The number of carbonyl (C=O) groups is 2. The van der Waals surface area contributed by atoms with Crippen LogP contribution in [0.25, 0.3) is 0 Å². The molecular formula is C33H63NO6S2. The van der Waals surface area contributed by atoms with Gasteiger partial charge in [-0.3, -0.25) is 14.4 Å². The first-order chi connectivity index (χ1) is 18.8. The molecule has 0 saturated carbocycles. The monoisotopic (exact) mass is 633 g/mol. The molecule has 0 atom stereocenters. The number of amides is 1. The van der Waals surface area contributed by atoms with Gasteiger partial charge in [-0.25, -0.2) is 5.48 Å². The number of hydrogen-bond acceptors (Lipinski definition) is 8. The van der Waals surface area contributed by atoms with Gasteiger partial charge in [0.1, 0.15) is 6.61 Å². The molecule has 42 heavy (non-hydrogen) atoms. The zero-order valence-electron chi connectivity index (χ0n) is 29.7. The highest BCUT2D eigenvalue weighted by molar-refractivity contribution is 8.77. The molecule has 0 aromatic heterocycles. The smallest absolute Gasteiger partial charge is 0.312 e. The lowest BCUT2D eigenvalue weighted by Gasteiger charge is -2.50. The number of rotatable bonds is 17. The maximum atomic E-state index is 13.7. The van der Waals surface area contributed by atoms with E-state index in [9.17, 15) is 9.59 Å². The van der Waals surface area contributed by atoms with Gasteiger partial charge in [0.25, 0.3) is 5.91 Å². The highest BCUT2D eigenvalue weighted by Gasteiger charge is 2.54. The summed E-state index contributed by atoms with van der Waals surface area (Å²) in [6, 6.07) is 0. The summed E-state index contributed by atoms with van der Waals surface area (Å²) in [6.45, 7) is 33.5. The summed E-state index contributed by atoms with van der Waals surface area (Å²) in [5, 5.41) is 0. The Bertz CT molecular complexity index is 902. The van der Waals surface area contributed by atoms with Crippen molar-refractivity contribution in [2.75, 3.05) is 31.3 Å². The van der Waals surface area contributed by atoms with E-state index in [0.717, 1.165) is 17.9 Å². The van der Waals surface area contributed by atoms with Crippen molar-refractivity contribution < 1.29 is 28.6 Å². The van der Waals surface area contributed by atoms with E-state index in [1.807, 2.05) is 55.4 Å². The lowest BCUT2D eigenvalue weighted by Crippen LogP contribution is -2.55. The molecule has 1 N–H and O–H groups in total. The predicted octanol–water partition coefficient (Wildman–Crippen LogP) is 8.11. The average molecular weight is 634 g/mol. The molecule has 1 aliphatic heterocycles. The minimum atomic E-state index is -0.885. The van der Waals surface area contributed by atoms with Crippen LogP contribution >= 0.6 is 21.6 Å². The Morgan fingerprint density at radius 1 is 0.762 bits per heavy atom. The van der Waals surface area contributed by atoms with Crippen LogP contribution in [0.1, 0.15) is 117 Å². The fourth-order valence-electron chi connectivity index (χ4n) is 3.93. The Morgan fingerprint density at radius 3 is 1.76 bits per heavy atom. The van der Waals surface area contributed by atoms with E-state index in [1.165, 1.54) is 0 Å². The molecule has 1 rings (SSSR count). The van der Waals surface area contributed by atoms with Crippen LogP contribution in [-0.2, 0) is 28.6 Å². The Balaban J connectivity index is 2.96. The summed E-state index contributed by atoms with van der Waals surface area (Å²) in [5.74, 6) is 1.90. The molecule has 1 saturated heterocycles. The number of carbonyl (C=O) groups excluding carboxylic acids is 2. The third-order valence-corrected chi connectivity index (χ3v) is 13.5. The Morgan fingerprint density at radius 2 is 1.29 bits per heavy atom. The van der Waals surface area contributed by atoms with Gasteiger partial charge in [0.2, 0.25) is 0 Å². The number of ether oxygens (including phenoxy) is 3. The fourth-order valence-corrected chi connectivity index (χ4v) is 7.26. The van der Waals surface area contributed by atoms with E-state index < -0.39 is 33.0 Å². The first kappa shape index (κ1) is 39.5. The first-order valence-electron chi connectivity index (χ1n) is 15.5. The normalized spacial score (nSPS) is 17.2. The summed E-state index contributed by atoms with van der Waals surface area (Å²) in [5.41, 5.74) is -1.69. The zero-order valence-corrected chi connectivity index (χ0v) is 31.3. The number of esters is 1.